The lowest BCUT2D eigenvalue weighted by molar-refractivity contribution is 0.403. The molecule has 128 valence electrons. The summed E-state index contributed by atoms with van der Waals surface area (Å²) in [5, 5.41) is 10.4. The summed E-state index contributed by atoms with van der Waals surface area (Å²) in [5.74, 6) is -0.733. The molecule has 0 bridgehead atoms. The molecule has 0 amide bonds. The van der Waals surface area contributed by atoms with Crippen molar-refractivity contribution in [3.05, 3.63) is 50.8 Å². The fourth-order valence-corrected chi connectivity index (χ4v) is 2.40. The van der Waals surface area contributed by atoms with Crippen molar-refractivity contribution in [3.8, 4) is 11.6 Å². The molecule has 0 unspecified atom stereocenters. The maximum absolute atomic E-state index is 13.1. The molecule has 2 aromatic rings. The van der Waals surface area contributed by atoms with Gasteiger partial charge in [-0.25, -0.2) is 4.39 Å². The largest absolute Gasteiger partial charge is 0.494 e. The van der Waals surface area contributed by atoms with Gasteiger partial charge in [0.25, 0.3) is 5.56 Å². The number of aromatic nitrogens is 2. The number of aromatic amines is 1. The summed E-state index contributed by atoms with van der Waals surface area (Å²) in [6, 6.07) is 5.41. The highest BCUT2D eigenvalue weighted by Crippen LogP contribution is 2.18. The van der Waals surface area contributed by atoms with Crippen molar-refractivity contribution in [3.63, 3.8) is 0 Å². The molecule has 0 aliphatic carbocycles. The molecule has 2 N–H and O–H groups in total. The van der Waals surface area contributed by atoms with E-state index in [1.165, 1.54) is 35.0 Å². The molecule has 0 saturated carbocycles. The van der Waals surface area contributed by atoms with Crippen LogP contribution < -0.4 is 5.56 Å². The molecule has 1 aromatic carbocycles. The zero-order valence-corrected chi connectivity index (χ0v) is 14.3. The molecule has 24 heavy (non-hydrogen) atoms. The second-order valence-corrected chi connectivity index (χ2v) is 5.89. The van der Waals surface area contributed by atoms with E-state index in [-0.39, 0.29) is 16.2 Å². The quantitative estimate of drug-likeness (QED) is 0.475. The van der Waals surface area contributed by atoms with E-state index in [9.17, 15) is 14.3 Å². The number of benzene rings is 1. The molecule has 0 radical (unpaired) electrons. The summed E-state index contributed by atoms with van der Waals surface area (Å²) in [5.41, 5.74) is -0.0672. The number of aliphatic imine (C=N–C) groups is 1. The Morgan fingerprint density at radius 2 is 2.04 bits per heavy atom. The summed E-state index contributed by atoms with van der Waals surface area (Å²) < 4.78 is 14.3. The van der Waals surface area contributed by atoms with Crippen molar-refractivity contribution in [2.24, 2.45) is 4.99 Å². The SMILES string of the molecule is CN(C)CCCN=Cc1c(O)n(-c2ccc(F)cc2)c(=S)[nH]c1=O. The second kappa shape index (κ2) is 7.98. The molecule has 0 atom stereocenters. The van der Waals surface area contributed by atoms with E-state index in [0.29, 0.717) is 12.2 Å². The number of hydrogen-bond acceptors (Lipinski definition) is 5. The van der Waals surface area contributed by atoms with Crippen molar-refractivity contribution in [2.45, 2.75) is 6.42 Å². The number of H-pyrrole nitrogens is 1. The topological polar surface area (TPSA) is 73.6 Å². The van der Waals surface area contributed by atoms with E-state index in [1.807, 2.05) is 19.0 Å². The lowest BCUT2D eigenvalue weighted by Gasteiger charge is -2.11. The van der Waals surface area contributed by atoms with Crippen molar-refractivity contribution in [1.82, 2.24) is 14.5 Å². The summed E-state index contributed by atoms with van der Waals surface area (Å²) in [6.45, 7) is 1.41. The predicted octanol–water partition coefficient (Wildman–Crippen LogP) is 2.11. The van der Waals surface area contributed by atoms with E-state index in [2.05, 4.69) is 9.98 Å². The van der Waals surface area contributed by atoms with Crippen molar-refractivity contribution in [1.29, 1.82) is 0 Å². The number of rotatable bonds is 6. The Balaban J connectivity index is 2.34. The first-order valence-electron chi connectivity index (χ1n) is 7.39. The summed E-state index contributed by atoms with van der Waals surface area (Å²) >= 11 is 5.09. The third-order valence-corrected chi connectivity index (χ3v) is 3.60. The minimum atomic E-state index is -0.521. The molecule has 2 rings (SSSR count). The van der Waals surface area contributed by atoms with Crippen LogP contribution in [0.25, 0.3) is 5.69 Å². The van der Waals surface area contributed by atoms with Gasteiger partial charge in [0.15, 0.2) is 4.77 Å². The van der Waals surface area contributed by atoms with E-state index in [0.717, 1.165) is 13.0 Å². The van der Waals surface area contributed by atoms with Crippen LogP contribution in [0.4, 0.5) is 4.39 Å². The number of aromatic hydroxyl groups is 1. The fourth-order valence-electron chi connectivity index (χ4n) is 2.12. The highest BCUT2D eigenvalue weighted by atomic mass is 32.1. The molecular formula is C16H19FN4O2S. The average Bonchev–Trinajstić information content (AvgIpc) is 2.51. The Morgan fingerprint density at radius 1 is 1.38 bits per heavy atom. The first kappa shape index (κ1) is 18.0. The highest BCUT2D eigenvalue weighted by molar-refractivity contribution is 7.71. The van der Waals surface area contributed by atoms with Crippen molar-refractivity contribution in [2.75, 3.05) is 27.2 Å². The van der Waals surface area contributed by atoms with E-state index < -0.39 is 11.4 Å². The van der Waals surface area contributed by atoms with Gasteiger partial charge in [-0.3, -0.25) is 19.3 Å². The van der Waals surface area contributed by atoms with Crippen LogP contribution in [0.5, 0.6) is 5.88 Å². The van der Waals surface area contributed by atoms with Crippen LogP contribution in [0.2, 0.25) is 0 Å². The van der Waals surface area contributed by atoms with Gasteiger partial charge >= 0.3 is 0 Å². The van der Waals surface area contributed by atoms with Crippen LogP contribution in [0.1, 0.15) is 12.0 Å². The van der Waals surface area contributed by atoms with Crippen LogP contribution >= 0.6 is 12.2 Å². The molecule has 0 saturated heterocycles. The normalized spacial score (nSPS) is 11.5. The number of halogens is 1. The zero-order chi connectivity index (χ0) is 17.7. The molecule has 1 heterocycles. The van der Waals surface area contributed by atoms with Gasteiger partial charge in [0, 0.05) is 12.8 Å². The third kappa shape index (κ3) is 4.36. The van der Waals surface area contributed by atoms with Gasteiger partial charge in [-0.15, -0.1) is 0 Å². The lowest BCUT2D eigenvalue weighted by atomic mass is 10.3. The van der Waals surface area contributed by atoms with Gasteiger partial charge in [0.1, 0.15) is 11.4 Å². The van der Waals surface area contributed by atoms with Gasteiger partial charge < -0.3 is 10.0 Å². The van der Waals surface area contributed by atoms with Crippen molar-refractivity contribution < 1.29 is 9.50 Å². The highest BCUT2D eigenvalue weighted by Gasteiger charge is 2.12. The first-order valence-corrected chi connectivity index (χ1v) is 7.80. The Morgan fingerprint density at radius 3 is 2.67 bits per heavy atom. The third-order valence-electron chi connectivity index (χ3n) is 3.32. The van der Waals surface area contributed by atoms with Crippen molar-refractivity contribution >= 4 is 18.4 Å². The maximum Gasteiger partial charge on any atom is 0.264 e. The standard InChI is InChI=1S/C16H19FN4O2S/c1-20(2)9-3-8-18-10-13-14(22)19-16(24)21(15(13)23)12-6-4-11(17)5-7-12/h4-7,10,23H,3,8-9H2,1-2H3,(H,19,22,24). The molecule has 0 aliphatic heterocycles. The van der Waals surface area contributed by atoms with E-state index in [4.69, 9.17) is 12.2 Å². The summed E-state index contributed by atoms with van der Waals surface area (Å²) in [4.78, 5) is 20.7. The minimum absolute atomic E-state index is 0.0118. The van der Waals surface area contributed by atoms with Gasteiger partial charge in [0.05, 0.1) is 5.69 Å². The van der Waals surface area contributed by atoms with E-state index in [1.54, 1.807) is 0 Å². The van der Waals surface area contributed by atoms with Crippen LogP contribution in [0, 0.1) is 10.6 Å². The van der Waals surface area contributed by atoms with Gasteiger partial charge in [0.2, 0.25) is 5.88 Å². The minimum Gasteiger partial charge on any atom is -0.494 e. The average molecular weight is 350 g/mol. The monoisotopic (exact) mass is 350 g/mol. The number of hydrogen-bond donors (Lipinski definition) is 2. The van der Waals surface area contributed by atoms with Gasteiger partial charge in [-0.2, -0.15) is 0 Å². The lowest BCUT2D eigenvalue weighted by Crippen LogP contribution is -2.18. The van der Waals surface area contributed by atoms with Crippen LogP contribution in [-0.4, -0.2) is 53.0 Å². The zero-order valence-electron chi connectivity index (χ0n) is 13.5. The Bertz CT molecular complexity index is 841. The summed E-state index contributed by atoms with van der Waals surface area (Å²) in [7, 11) is 3.93. The van der Waals surface area contributed by atoms with Gasteiger partial charge in [-0.1, -0.05) is 0 Å². The fraction of sp³-hybridized carbons (Fsp3) is 0.312. The Kier molecular flexibility index (Phi) is 5.99. The Labute approximate surface area is 143 Å². The molecular weight excluding hydrogens is 331 g/mol. The molecule has 0 aliphatic rings. The van der Waals surface area contributed by atoms with Crippen LogP contribution in [0.3, 0.4) is 0 Å². The molecule has 0 fully saturated rings. The first-order chi connectivity index (χ1) is 11.4. The maximum atomic E-state index is 13.1. The smallest absolute Gasteiger partial charge is 0.264 e. The molecule has 8 heteroatoms. The second-order valence-electron chi connectivity index (χ2n) is 5.50. The molecule has 0 spiro atoms. The Hall–Kier alpha value is -2.32. The predicted molar refractivity (Wildman–Crippen MR) is 94.5 cm³/mol. The van der Waals surface area contributed by atoms with Gasteiger partial charge in [-0.05, 0) is 63.5 Å². The molecule has 1 aromatic heterocycles. The summed E-state index contributed by atoms with van der Waals surface area (Å²) in [6.07, 6.45) is 2.16. The molecule has 6 nitrogen and oxygen atoms in total. The van der Waals surface area contributed by atoms with Crippen LogP contribution in [0.15, 0.2) is 34.1 Å². The van der Waals surface area contributed by atoms with Crippen LogP contribution in [-0.2, 0) is 0 Å². The number of nitrogens with one attached hydrogen (secondary N) is 1. The van der Waals surface area contributed by atoms with E-state index >= 15 is 0 Å². The number of nitrogens with zero attached hydrogens (tertiary/aromatic N) is 3.